The van der Waals surface area contributed by atoms with E-state index in [0.29, 0.717) is 18.1 Å². The molecule has 1 aromatic heterocycles. The van der Waals surface area contributed by atoms with Crippen LogP contribution in [-0.2, 0) is 6.54 Å². The monoisotopic (exact) mass is 346 g/mol. The predicted octanol–water partition coefficient (Wildman–Crippen LogP) is 4.11. The molecule has 1 heterocycles. The average molecular weight is 346 g/mol. The minimum Gasteiger partial charge on any atom is -0.340 e. The molecule has 0 unspecified atom stereocenters. The van der Waals surface area contributed by atoms with E-state index in [4.69, 9.17) is 0 Å². The fourth-order valence-electron chi connectivity index (χ4n) is 2.63. The number of amides is 1. The smallest absolute Gasteiger partial charge is 0.272 e. The third kappa shape index (κ3) is 4.25. The number of hydrogen-bond acceptors (Lipinski definition) is 4. The van der Waals surface area contributed by atoms with Crippen LogP contribution in [0.1, 0.15) is 27.2 Å². The van der Waals surface area contributed by atoms with E-state index in [2.05, 4.69) is 41.3 Å². The van der Waals surface area contributed by atoms with E-state index in [1.165, 1.54) is 17.5 Å². The van der Waals surface area contributed by atoms with Gasteiger partial charge in [-0.25, -0.2) is 9.97 Å². The molecule has 2 aromatic carbocycles. The van der Waals surface area contributed by atoms with E-state index >= 15 is 0 Å². The zero-order valence-electron chi connectivity index (χ0n) is 15.2. The molecule has 0 saturated heterocycles. The van der Waals surface area contributed by atoms with Crippen molar-refractivity contribution in [3.8, 4) is 0 Å². The van der Waals surface area contributed by atoms with Crippen molar-refractivity contribution in [3.05, 3.63) is 83.3 Å². The van der Waals surface area contributed by atoms with Crippen LogP contribution in [0.15, 0.2) is 60.9 Å². The van der Waals surface area contributed by atoms with Crippen molar-refractivity contribution in [3.63, 3.8) is 0 Å². The number of hydrogen-bond donors (Lipinski definition) is 1. The summed E-state index contributed by atoms with van der Waals surface area (Å²) < 4.78 is 0. The van der Waals surface area contributed by atoms with Gasteiger partial charge in [0.15, 0.2) is 0 Å². The molecule has 0 saturated carbocycles. The lowest BCUT2D eigenvalue weighted by Crippen LogP contribution is -2.27. The molecule has 0 aliphatic rings. The first-order chi connectivity index (χ1) is 12.5. The van der Waals surface area contributed by atoms with Crippen molar-refractivity contribution < 1.29 is 4.79 Å². The number of nitrogens with one attached hydrogen (secondary N) is 1. The van der Waals surface area contributed by atoms with Crippen LogP contribution < -0.4 is 5.32 Å². The minimum absolute atomic E-state index is 0.139. The van der Waals surface area contributed by atoms with Crippen LogP contribution in [0.25, 0.3) is 0 Å². The quantitative estimate of drug-likeness (QED) is 0.755. The van der Waals surface area contributed by atoms with E-state index < -0.39 is 0 Å². The van der Waals surface area contributed by atoms with E-state index in [1.807, 2.05) is 36.4 Å². The van der Waals surface area contributed by atoms with Gasteiger partial charge >= 0.3 is 0 Å². The number of rotatable bonds is 5. The van der Waals surface area contributed by atoms with Gasteiger partial charge in [0.1, 0.15) is 17.8 Å². The van der Waals surface area contributed by atoms with Gasteiger partial charge in [0.25, 0.3) is 5.91 Å². The summed E-state index contributed by atoms with van der Waals surface area (Å²) in [5.74, 6) is 0.458. The lowest BCUT2D eigenvalue weighted by atomic mass is 10.1. The Morgan fingerprint density at radius 1 is 1.00 bits per heavy atom. The first-order valence-electron chi connectivity index (χ1n) is 8.48. The molecule has 0 spiro atoms. The van der Waals surface area contributed by atoms with Crippen molar-refractivity contribution in [2.24, 2.45) is 0 Å². The molecular weight excluding hydrogens is 324 g/mol. The molecule has 26 heavy (non-hydrogen) atoms. The van der Waals surface area contributed by atoms with Crippen molar-refractivity contribution in [1.29, 1.82) is 0 Å². The second-order valence-electron chi connectivity index (χ2n) is 6.36. The fourth-order valence-corrected chi connectivity index (χ4v) is 2.63. The molecular formula is C21H22N4O. The maximum absolute atomic E-state index is 12.7. The Kier molecular flexibility index (Phi) is 5.27. The number of aryl methyl sites for hydroxylation is 2. The van der Waals surface area contributed by atoms with Gasteiger partial charge in [-0.1, -0.05) is 36.4 Å². The molecule has 0 radical (unpaired) electrons. The van der Waals surface area contributed by atoms with Crippen molar-refractivity contribution >= 4 is 17.4 Å². The van der Waals surface area contributed by atoms with E-state index in [1.54, 1.807) is 18.0 Å². The Balaban J connectivity index is 1.73. The highest BCUT2D eigenvalue weighted by Gasteiger charge is 2.14. The van der Waals surface area contributed by atoms with Crippen LogP contribution in [0.5, 0.6) is 0 Å². The highest BCUT2D eigenvalue weighted by molar-refractivity contribution is 5.92. The van der Waals surface area contributed by atoms with Crippen LogP contribution in [-0.4, -0.2) is 27.8 Å². The second-order valence-corrected chi connectivity index (χ2v) is 6.36. The molecule has 0 atom stereocenters. The highest BCUT2D eigenvalue weighted by Crippen LogP contribution is 2.19. The Morgan fingerprint density at radius 2 is 1.77 bits per heavy atom. The van der Waals surface area contributed by atoms with Gasteiger partial charge in [-0.05, 0) is 42.7 Å². The molecule has 5 heteroatoms. The molecule has 5 nitrogen and oxygen atoms in total. The average Bonchev–Trinajstić information content (AvgIpc) is 2.65. The number of aromatic nitrogens is 2. The topological polar surface area (TPSA) is 58.1 Å². The van der Waals surface area contributed by atoms with Crippen molar-refractivity contribution in [1.82, 2.24) is 14.9 Å². The first kappa shape index (κ1) is 17.6. The summed E-state index contributed by atoms with van der Waals surface area (Å²) in [7, 11) is 1.77. The lowest BCUT2D eigenvalue weighted by molar-refractivity contribution is 0.0779. The molecule has 0 aliphatic carbocycles. The Labute approximate surface area is 153 Å². The number of benzene rings is 2. The molecule has 0 fully saturated rings. The summed E-state index contributed by atoms with van der Waals surface area (Å²) in [4.78, 5) is 22.7. The minimum atomic E-state index is -0.139. The standard InChI is InChI=1S/C21H22N4O/c1-15-9-10-18(11-16(15)2)24-20-12-19(22-14-23-20)21(26)25(3)13-17-7-5-4-6-8-17/h4-12,14H,13H2,1-3H3,(H,22,23,24). The van der Waals surface area contributed by atoms with E-state index in [9.17, 15) is 4.79 Å². The molecule has 0 bridgehead atoms. The summed E-state index contributed by atoms with van der Waals surface area (Å²) >= 11 is 0. The summed E-state index contributed by atoms with van der Waals surface area (Å²) in [6, 6.07) is 17.7. The number of nitrogens with zero attached hydrogens (tertiary/aromatic N) is 3. The summed E-state index contributed by atoms with van der Waals surface area (Å²) in [6.45, 7) is 4.67. The largest absolute Gasteiger partial charge is 0.340 e. The number of carbonyl (C=O) groups excluding carboxylic acids is 1. The molecule has 1 N–H and O–H groups in total. The SMILES string of the molecule is Cc1ccc(Nc2cc(C(=O)N(C)Cc3ccccc3)ncn2)cc1C. The Bertz CT molecular complexity index is 909. The predicted molar refractivity (Wildman–Crippen MR) is 103 cm³/mol. The zero-order chi connectivity index (χ0) is 18.5. The summed E-state index contributed by atoms with van der Waals surface area (Å²) in [5.41, 5.74) is 4.80. The van der Waals surface area contributed by atoms with Crippen molar-refractivity contribution in [2.75, 3.05) is 12.4 Å². The van der Waals surface area contributed by atoms with Crippen LogP contribution in [0.2, 0.25) is 0 Å². The Hall–Kier alpha value is -3.21. The number of carbonyl (C=O) groups is 1. The summed E-state index contributed by atoms with van der Waals surface area (Å²) in [5, 5.41) is 3.23. The second kappa shape index (κ2) is 7.78. The van der Waals surface area contributed by atoms with Crippen LogP contribution >= 0.6 is 0 Å². The molecule has 3 aromatic rings. The van der Waals surface area contributed by atoms with E-state index in [-0.39, 0.29) is 5.91 Å². The Morgan fingerprint density at radius 3 is 2.50 bits per heavy atom. The highest BCUT2D eigenvalue weighted by atomic mass is 16.2. The maximum Gasteiger partial charge on any atom is 0.272 e. The third-order valence-corrected chi connectivity index (χ3v) is 4.27. The van der Waals surface area contributed by atoms with Gasteiger partial charge in [0, 0.05) is 25.3 Å². The first-order valence-corrected chi connectivity index (χ1v) is 8.48. The molecule has 3 rings (SSSR count). The molecule has 132 valence electrons. The van der Waals surface area contributed by atoms with Crippen LogP contribution in [0.3, 0.4) is 0 Å². The zero-order valence-corrected chi connectivity index (χ0v) is 15.2. The van der Waals surface area contributed by atoms with Crippen molar-refractivity contribution in [2.45, 2.75) is 20.4 Å². The fraction of sp³-hybridized carbons (Fsp3) is 0.190. The maximum atomic E-state index is 12.7. The van der Waals surface area contributed by atoms with Gasteiger partial charge in [0.05, 0.1) is 0 Å². The van der Waals surface area contributed by atoms with E-state index in [0.717, 1.165) is 11.3 Å². The van der Waals surface area contributed by atoms with Crippen LogP contribution in [0, 0.1) is 13.8 Å². The third-order valence-electron chi connectivity index (χ3n) is 4.27. The lowest BCUT2D eigenvalue weighted by Gasteiger charge is -2.17. The molecule has 0 aliphatic heterocycles. The van der Waals surface area contributed by atoms with Gasteiger partial charge in [-0.15, -0.1) is 0 Å². The van der Waals surface area contributed by atoms with Gasteiger partial charge < -0.3 is 10.2 Å². The van der Waals surface area contributed by atoms with Gasteiger partial charge in [-0.2, -0.15) is 0 Å². The normalized spacial score (nSPS) is 10.4. The number of anilines is 2. The summed E-state index contributed by atoms with van der Waals surface area (Å²) in [6.07, 6.45) is 1.41. The van der Waals surface area contributed by atoms with Gasteiger partial charge in [0.2, 0.25) is 0 Å². The van der Waals surface area contributed by atoms with Crippen LogP contribution in [0.4, 0.5) is 11.5 Å². The molecule has 1 amide bonds. The van der Waals surface area contributed by atoms with Gasteiger partial charge in [-0.3, -0.25) is 4.79 Å².